The van der Waals surface area contributed by atoms with Gasteiger partial charge in [0.2, 0.25) is 0 Å². The van der Waals surface area contributed by atoms with Gasteiger partial charge >= 0.3 is 5.97 Å². The van der Waals surface area contributed by atoms with Gasteiger partial charge in [-0.15, -0.1) is 0 Å². The summed E-state index contributed by atoms with van der Waals surface area (Å²) in [6, 6.07) is 4.09. The number of hydrogen-bond donors (Lipinski definition) is 1. The molecule has 1 N–H and O–H groups in total. The van der Waals surface area contributed by atoms with Crippen LogP contribution in [0.25, 0.3) is 0 Å². The summed E-state index contributed by atoms with van der Waals surface area (Å²) in [5.41, 5.74) is 0.735. The van der Waals surface area contributed by atoms with Crippen LogP contribution in [0.1, 0.15) is 15.9 Å². The Morgan fingerprint density at radius 2 is 2.21 bits per heavy atom. The molecule has 1 amide bonds. The summed E-state index contributed by atoms with van der Waals surface area (Å²) >= 11 is 0. The van der Waals surface area contributed by atoms with Crippen LogP contribution in [0, 0.1) is 12.7 Å². The van der Waals surface area contributed by atoms with E-state index in [1.807, 2.05) is 0 Å². The van der Waals surface area contributed by atoms with Crippen LogP contribution in [-0.2, 0) is 9.53 Å². The van der Waals surface area contributed by atoms with E-state index >= 15 is 0 Å². The molecule has 102 valence electrons. The van der Waals surface area contributed by atoms with E-state index in [-0.39, 0.29) is 24.9 Å². The van der Waals surface area contributed by atoms with E-state index in [1.54, 1.807) is 6.92 Å². The molecule has 0 bridgehead atoms. The fourth-order valence-electron chi connectivity index (χ4n) is 1.94. The lowest BCUT2D eigenvalue weighted by atomic mass is 10.1. The fourth-order valence-corrected chi connectivity index (χ4v) is 1.94. The van der Waals surface area contributed by atoms with Crippen LogP contribution in [0.3, 0.4) is 0 Å². The number of benzene rings is 1. The van der Waals surface area contributed by atoms with Crippen molar-refractivity contribution in [3.05, 3.63) is 35.1 Å². The zero-order valence-electron chi connectivity index (χ0n) is 10.4. The van der Waals surface area contributed by atoms with Crippen LogP contribution in [0.4, 0.5) is 4.39 Å². The lowest BCUT2D eigenvalue weighted by Gasteiger charge is -2.31. The van der Waals surface area contributed by atoms with Crippen LogP contribution >= 0.6 is 0 Å². The number of ether oxygens (including phenoxy) is 1. The number of hydrogen-bond acceptors (Lipinski definition) is 3. The molecule has 5 nitrogen and oxygen atoms in total. The summed E-state index contributed by atoms with van der Waals surface area (Å²) in [6.45, 7) is 2.10. The van der Waals surface area contributed by atoms with Crippen molar-refractivity contribution >= 4 is 11.9 Å². The first-order valence-corrected chi connectivity index (χ1v) is 5.89. The predicted octanol–water partition coefficient (Wildman–Crippen LogP) is 1.06. The Kier molecular flexibility index (Phi) is 3.80. The van der Waals surface area contributed by atoms with Crippen molar-refractivity contribution in [2.24, 2.45) is 0 Å². The zero-order valence-corrected chi connectivity index (χ0v) is 10.4. The molecule has 2 rings (SSSR count). The van der Waals surface area contributed by atoms with Gasteiger partial charge in [-0.1, -0.05) is 0 Å². The highest BCUT2D eigenvalue weighted by Crippen LogP contribution is 2.14. The number of carboxylic acids is 1. The number of amides is 1. The Labute approximate surface area is 109 Å². The number of rotatable bonds is 2. The first-order valence-electron chi connectivity index (χ1n) is 5.89. The smallest absolute Gasteiger partial charge is 0.334 e. The molecule has 0 aliphatic carbocycles. The van der Waals surface area contributed by atoms with Gasteiger partial charge in [0, 0.05) is 12.1 Å². The van der Waals surface area contributed by atoms with E-state index in [9.17, 15) is 14.0 Å². The van der Waals surface area contributed by atoms with Crippen LogP contribution in [0.15, 0.2) is 18.2 Å². The third-order valence-corrected chi connectivity index (χ3v) is 3.03. The molecule has 1 aliphatic rings. The second-order valence-electron chi connectivity index (χ2n) is 4.41. The van der Waals surface area contributed by atoms with Gasteiger partial charge in [0.1, 0.15) is 5.82 Å². The van der Waals surface area contributed by atoms with Crippen LogP contribution in [0.2, 0.25) is 0 Å². The highest BCUT2D eigenvalue weighted by Gasteiger charge is 2.29. The molecule has 1 aliphatic heterocycles. The Morgan fingerprint density at radius 3 is 2.84 bits per heavy atom. The zero-order chi connectivity index (χ0) is 14.0. The van der Waals surface area contributed by atoms with Crippen molar-refractivity contribution in [3.8, 4) is 0 Å². The maximum atomic E-state index is 13.1. The number of aryl methyl sites for hydroxylation is 1. The second kappa shape index (κ2) is 5.36. The Hall–Kier alpha value is -1.95. The molecule has 0 saturated carbocycles. The minimum atomic E-state index is -1.09. The standard InChI is InChI=1S/C13H14FNO4/c1-8-6-9(2-3-10(8)14)12(16)15-4-5-19-11(7-15)13(17)18/h2-3,6,11H,4-5,7H2,1H3,(H,17,18)/t11-/m1/s1. The lowest BCUT2D eigenvalue weighted by Crippen LogP contribution is -2.48. The van der Waals surface area contributed by atoms with Gasteiger partial charge < -0.3 is 14.7 Å². The van der Waals surface area contributed by atoms with E-state index in [0.717, 1.165) is 0 Å². The number of carbonyl (C=O) groups is 2. The van der Waals surface area contributed by atoms with Crippen LogP contribution in [0.5, 0.6) is 0 Å². The summed E-state index contributed by atoms with van der Waals surface area (Å²) in [7, 11) is 0. The topological polar surface area (TPSA) is 66.8 Å². The van der Waals surface area contributed by atoms with Crippen molar-refractivity contribution in [1.29, 1.82) is 0 Å². The molecule has 1 aromatic carbocycles. The van der Waals surface area contributed by atoms with Crippen molar-refractivity contribution < 1.29 is 23.8 Å². The summed E-state index contributed by atoms with van der Waals surface area (Å²) in [5.74, 6) is -1.77. The van der Waals surface area contributed by atoms with Crippen LogP contribution < -0.4 is 0 Å². The molecule has 19 heavy (non-hydrogen) atoms. The van der Waals surface area contributed by atoms with Gasteiger partial charge in [0.25, 0.3) is 5.91 Å². The molecular formula is C13H14FNO4. The van der Waals surface area contributed by atoms with E-state index in [0.29, 0.717) is 17.7 Å². The quantitative estimate of drug-likeness (QED) is 0.870. The fraction of sp³-hybridized carbons (Fsp3) is 0.385. The predicted molar refractivity (Wildman–Crippen MR) is 64.4 cm³/mol. The summed E-state index contributed by atoms with van der Waals surface area (Å²) in [6.07, 6.45) is -1.00. The molecule has 6 heteroatoms. The van der Waals surface area contributed by atoms with Gasteiger partial charge in [-0.05, 0) is 30.7 Å². The summed E-state index contributed by atoms with van der Waals surface area (Å²) < 4.78 is 18.2. The minimum absolute atomic E-state index is 0.00455. The first kappa shape index (κ1) is 13.5. The van der Waals surface area contributed by atoms with Crippen molar-refractivity contribution in [2.45, 2.75) is 13.0 Å². The maximum Gasteiger partial charge on any atom is 0.334 e. The van der Waals surface area contributed by atoms with E-state index < -0.39 is 12.1 Å². The number of carboxylic acid groups (broad SMARTS) is 1. The minimum Gasteiger partial charge on any atom is -0.479 e. The third-order valence-electron chi connectivity index (χ3n) is 3.03. The molecule has 1 heterocycles. The lowest BCUT2D eigenvalue weighted by molar-refractivity contribution is -0.154. The van der Waals surface area contributed by atoms with E-state index in [4.69, 9.17) is 9.84 Å². The number of halogens is 1. The van der Waals surface area contributed by atoms with Crippen molar-refractivity contribution in [2.75, 3.05) is 19.7 Å². The maximum absolute atomic E-state index is 13.1. The third kappa shape index (κ3) is 2.90. The Balaban J connectivity index is 2.14. The average molecular weight is 267 g/mol. The molecule has 0 aromatic heterocycles. The first-order chi connectivity index (χ1) is 8.99. The molecule has 0 unspecified atom stereocenters. The Bertz CT molecular complexity index is 517. The van der Waals surface area contributed by atoms with Crippen LogP contribution in [-0.4, -0.2) is 47.7 Å². The highest BCUT2D eigenvalue weighted by molar-refractivity contribution is 5.94. The van der Waals surface area contributed by atoms with Gasteiger partial charge in [-0.2, -0.15) is 0 Å². The SMILES string of the molecule is Cc1cc(C(=O)N2CCO[C@@H](C(=O)O)C2)ccc1F. The molecular weight excluding hydrogens is 253 g/mol. The van der Waals surface area contributed by atoms with E-state index in [2.05, 4.69) is 0 Å². The summed E-state index contributed by atoms with van der Waals surface area (Å²) in [4.78, 5) is 24.4. The largest absolute Gasteiger partial charge is 0.479 e. The number of morpholine rings is 1. The number of carbonyl (C=O) groups excluding carboxylic acids is 1. The molecule has 0 spiro atoms. The molecule has 1 atom stereocenters. The second-order valence-corrected chi connectivity index (χ2v) is 4.41. The highest BCUT2D eigenvalue weighted by atomic mass is 19.1. The average Bonchev–Trinajstić information content (AvgIpc) is 2.41. The molecule has 1 saturated heterocycles. The van der Waals surface area contributed by atoms with Gasteiger partial charge in [0.05, 0.1) is 13.2 Å². The van der Waals surface area contributed by atoms with Gasteiger partial charge in [-0.3, -0.25) is 4.79 Å². The van der Waals surface area contributed by atoms with Crippen molar-refractivity contribution in [3.63, 3.8) is 0 Å². The molecule has 1 fully saturated rings. The van der Waals surface area contributed by atoms with Gasteiger partial charge in [0.15, 0.2) is 6.10 Å². The molecule has 0 radical (unpaired) electrons. The Morgan fingerprint density at radius 1 is 1.47 bits per heavy atom. The molecule has 1 aromatic rings. The van der Waals surface area contributed by atoms with E-state index in [1.165, 1.54) is 23.1 Å². The summed E-state index contributed by atoms with van der Waals surface area (Å²) in [5, 5.41) is 8.88. The number of nitrogens with zero attached hydrogens (tertiary/aromatic N) is 1. The normalized spacial score (nSPS) is 19.3. The monoisotopic (exact) mass is 267 g/mol. The van der Waals surface area contributed by atoms with Crippen molar-refractivity contribution in [1.82, 2.24) is 4.90 Å². The number of aliphatic carboxylic acids is 1. The van der Waals surface area contributed by atoms with Gasteiger partial charge in [-0.25, -0.2) is 9.18 Å².